The van der Waals surface area contributed by atoms with Gasteiger partial charge in [0.15, 0.2) is 5.78 Å². The molecule has 0 aliphatic heterocycles. The zero-order valence-electron chi connectivity index (χ0n) is 16.7. The number of ketones is 1. The molecule has 0 saturated carbocycles. The Bertz CT molecular complexity index is 878. The molecule has 148 valence electrons. The molecular formula is C23H28ClN3O. The number of aryl methyl sites for hydroxylation is 2. The predicted molar refractivity (Wildman–Crippen MR) is 116 cm³/mol. The van der Waals surface area contributed by atoms with E-state index in [0.29, 0.717) is 12.4 Å². The number of imidazole rings is 1. The number of nitrogens with zero attached hydrogens (tertiary/aromatic N) is 3. The number of aliphatic imine (C=N–C) groups is 1. The molecule has 0 unspecified atom stereocenters. The molecule has 1 aromatic carbocycles. The van der Waals surface area contributed by atoms with Crippen LogP contribution in [0, 0.1) is 0 Å². The van der Waals surface area contributed by atoms with Gasteiger partial charge in [-0.15, -0.1) is 11.6 Å². The van der Waals surface area contributed by atoms with Crippen LogP contribution < -0.4 is 0 Å². The number of carbonyl (C=O) groups is 1. The van der Waals surface area contributed by atoms with Crippen molar-refractivity contribution in [1.82, 2.24) is 9.55 Å². The quantitative estimate of drug-likeness (QED) is 0.490. The van der Waals surface area contributed by atoms with Gasteiger partial charge in [-0.25, -0.2) is 4.98 Å². The molecule has 0 saturated heterocycles. The summed E-state index contributed by atoms with van der Waals surface area (Å²) in [6.45, 7) is 2.27. The van der Waals surface area contributed by atoms with E-state index in [2.05, 4.69) is 40.9 Å². The van der Waals surface area contributed by atoms with Gasteiger partial charge in [-0.2, -0.15) is 0 Å². The Hall–Kier alpha value is -2.20. The maximum absolute atomic E-state index is 11.0. The van der Waals surface area contributed by atoms with Crippen LogP contribution >= 0.6 is 11.6 Å². The number of fused-ring (bicyclic) bond motifs is 1. The van der Waals surface area contributed by atoms with Crippen LogP contribution in [0.3, 0.4) is 0 Å². The zero-order chi connectivity index (χ0) is 19.9. The first-order valence-corrected chi connectivity index (χ1v) is 10.5. The lowest BCUT2D eigenvalue weighted by atomic mass is 9.99. The molecule has 3 rings (SSSR count). The van der Waals surface area contributed by atoms with Crippen molar-refractivity contribution >= 4 is 29.2 Å². The van der Waals surface area contributed by atoms with Crippen molar-refractivity contribution in [2.45, 2.75) is 45.4 Å². The minimum Gasteiger partial charge on any atom is -0.335 e. The van der Waals surface area contributed by atoms with Crippen molar-refractivity contribution in [3.63, 3.8) is 0 Å². The lowest BCUT2D eigenvalue weighted by Crippen LogP contribution is -2.16. The van der Waals surface area contributed by atoms with Gasteiger partial charge < -0.3 is 4.57 Å². The minimum atomic E-state index is 0.0688. The summed E-state index contributed by atoms with van der Waals surface area (Å²) in [5.41, 5.74) is 6.16. The van der Waals surface area contributed by atoms with Crippen LogP contribution in [0.2, 0.25) is 0 Å². The molecule has 4 nitrogen and oxygen atoms in total. The number of halogens is 1. The molecule has 5 heteroatoms. The van der Waals surface area contributed by atoms with Gasteiger partial charge >= 0.3 is 0 Å². The van der Waals surface area contributed by atoms with Crippen molar-refractivity contribution in [2.24, 2.45) is 12.0 Å². The molecule has 0 N–H and O–H groups in total. The third-order valence-corrected chi connectivity index (χ3v) is 5.36. The molecule has 0 atom stereocenters. The third-order valence-electron chi connectivity index (χ3n) is 5.19. The van der Waals surface area contributed by atoms with Gasteiger partial charge in [0.25, 0.3) is 0 Å². The largest absolute Gasteiger partial charge is 0.335 e. The number of hydrogen-bond acceptors (Lipinski definition) is 3. The first-order chi connectivity index (χ1) is 13.6. The average molecular weight is 398 g/mol. The normalized spacial score (nSPS) is 15.3. The van der Waals surface area contributed by atoms with E-state index >= 15 is 0 Å². The molecule has 1 heterocycles. The number of allylic oxidation sites excluding steroid dienone is 1. The molecule has 1 aliphatic carbocycles. The average Bonchev–Trinajstić information content (AvgIpc) is 3.01. The second kappa shape index (κ2) is 9.83. The lowest BCUT2D eigenvalue weighted by Gasteiger charge is -2.14. The van der Waals surface area contributed by atoms with Crippen LogP contribution in [0.25, 0.3) is 6.08 Å². The summed E-state index contributed by atoms with van der Waals surface area (Å²) in [6, 6.07) is 8.41. The highest BCUT2D eigenvalue weighted by molar-refractivity contribution is 6.18. The van der Waals surface area contributed by atoms with Crippen molar-refractivity contribution in [3.05, 3.63) is 58.7 Å². The van der Waals surface area contributed by atoms with Crippen LogP contribution in [-0.2, 0) is 37.5 Å². The van der Waals surface area contributed by atoms with Crippen molar-refractivity contribution in [3.8, 4) is 0 Å². The molecule has 1 aromatic heterocycles. The predicted octanol–water partition coefficient (Wildman–Crippen LogP) is 4.37. The lowest BCUT2D eigenvalue weighted by molar-refractivity contribution is -0.112. The summed E-state index contributed by atoms with van der Waals surface area (Å²) in [5.74, 6) is 1.82. The summed E-state index contributed by atoms with van der Waals surface area (Å²) >= 11 is 5.75. The minimum absolute atomic E-state index is 0.0688. The van der Waals surface area contributed by atoms with Gasteiger partial charge in [0.2, 0.25) is 0 Å². The van der Waals surface area contributed by atoms with Crippen LogP contribution in [0.4, 0.5) is 0 Å². The number of carbonyl (C=O) groups excluding carboxylic acids is 1. The topological polar surface area (TPSA) is 47.2 Å². The number of alkyl halides is 1. The van der Waals surface area contributed by atoms with Crippen molar-refractivity contribution in [2.75, 3.05) is 12.4 Å². The van der Waals surface area contributed by atoms with Gasteiger partial charge in [0.05, 0.1) is 12.2 Å². The number of hydrogen-bond donors (Lipinski definition) is 0. The fraction of sp³-hybridized carbons (Fsp3) is 0.435. The van der Waals surface area contributed by atoms with Gasteiger partial charge in [-0.1, -0.05) is 30.3 Å². The molecule has 0 radical (unpaired) electrons. The van der Waals surface area contributed by atoms with E-state index in [1.807, 2.05) is 6.08 Å². The fourth-order valence-electron chi connectivity index (χ4n) is 3.66. The van der Waals surface area contributed by atoms with E-state index in [-0.39, 0.29) is 5.78 Å². The Balaban J connectivity index is 1.56. The Morgan fingerprint density at radius 2 is 2.04 bits per heavy atom. The molecule has 0 spiro atoms. The molecule has 0 amide bonds. The first kappa shape index (κ1) is 20.5. The summed E-state index contributed by atoms with van der Waals surface area (Å²) in [5, 5.41) is 0. The van der Waals surface area contributed by atoms with E-state index in [4.69, 9.17) is 16.6 Å². The Kier molecular flexibility index (Phi) is 7.21. The molecule has 0 fully saturated rings. The van der Waals surface area contributed by atoms with Crippen LogP contribution in [0.5, 0.6) is 0 Å². The summed E-state index contributed by atoms with van der Waals surface area (Å²) in [6.07, 6.45) is 9.44. The highest BCUT2D eigenvalue weighted by Gasteiger charge is 2.21. The zero-order valence-corrected chi connectivity index (χ0v) is 17.5. The van der Waals surface area contributed by atoms with Crippen LogP contribution in [-0.4, -0.2) is 33.5 Å². The summed E-state index contributed by atoms with van der Waals surface area (Å²) in [4.78, 5) is 20.5. The second-order valence-electron chi connectivity index (χ2n) is 7.33. The molecule has 28 heavy (non-hydrogen) atoms. The van der Waals surface area contributed by atoms with Gasteiger partial charge in [-0.05, 0) is 49.8 Å². The fourth-order valence-corrected chi connectivity index (χ4v) is 3.75. The SMILES string of the molecule is CC(=O)C=Cc1ccc(CCCc2nc3c(n2C)CCC(=NCCCl)C3)cc1. The standard InChI is InChI=1S/C23H28ClN3O/c1-17(28)6-7-19-10-8-18(9-11-19)4-3-5-23-26-21-16-20(25-15-14-24)12-13-22(21)27(23)2/h6-11H,3-5,12-16H2,1-2H3. The Morgan fingerprint density at radius 1 is 1.25 bits per heavy atom. The van der Waals surface area contributed by atoms with Crippen molar-refractivity contribution in [1.29, 1.82) is 0 Å². The number of benzene rings is 1. The third kappa shape index (κ3) is 5.41. The Labute approximate surface area is 172 Å². The van der Waals surface area contributed by atoms with Crippen molar-refractivity contribution < 1.29 is 4.79 Å². The maximum atomic E-state index is 11.0. The van der Waals surface area contributed by atoms with E-state index < -0.39 is 0 Å². The van der Waals surface area contributed by atoms with Gasteiger partial charge in [0, 0.05) is 37.2 Å². The smallest absolute Gasteiger partial charge is 0.152 e. The molecular weight excluding hydrogens is 370 g/mol. The van der Waals surface area contributed by atoms with E-state index in [0.717, 1.165) is 44.1 Å². The second-order valence-corrected chi connectivity index (χ2v) is 7.71. The highest BCUT2D eigenvalue weighted by Crippen LogP contribution is 2.21. The van der Waals surface area contributed by atoms with Crippen LogP contribution in [0.15, 0.2) is 35.3 Å². The summed E-state index contributed by atoms with van der Waals surface area (Å²) in [7, 11) is 2.14. The van der Waals surface area contributed by atoms with Gasteiger partial charge in [0.1, 0.15) is 5.82 Å². The first-order valence-electron chi connectivity index (χ1n) is 9.96. The van der Waals surface area contributed by atoms with Gasteiger partial charge in [-0.3, -0.25) is 9.79 Å². The monoisotopic (exact) mass is 397 g/mol. The number of rotatable bonds is 8. The molecule has 2 aromatic rings. The molecule has 0 bridgehead atoms. The summed E-state index contributed by atoms with van der Waals surface area (Å²) < 4.78 is 2.28. The highest BCUT2D eigenvalue weighted by atomic mass is 35.5. The van der Waals surface area contributed by atoms with E-state index in [9.17, 15) is 4.79 Å². The molecule has 1 aliphatic rings. The van der Waals surface area contributed by atoms with E-state index in [1.165, 1.54) is 28.5 Å². The number of aromatic nitrogens is 2. The van der Waals surface area contributed by atoms with Crippen LogP contribution in [0.1, 0.15) is 48.1 Å². The maximum Gasteiger partial charge on any atom is 0.152 e. The van der Waals surface area contributed by atoms with E-state index in [1.54, 1.807) is 13.0 Å². The Morgan fingerprint density at radius 3 is 2.75 bits per heavy atom.